The fourth-order valence-electron chi connectivity index (χ4n) is 2.16. The Morgan fingerprint density at radius 3 is 2.81 bits per heavy atom. The first kappa shape index (κ1) is 15.6. The van der Waals surface area contributed by atoms with Gasteiger partial charge in [0.25, 0.3) is 0 Å². The molecule has 6 heteroatoms. The zero-order valence-corrected chi connectivity index (χ0v) is 13.7. The topological polar surface area (TPSA) is 58.4 Å². The van der Waals surface area contributed by atoms with Crippen molar-refractivity contribution in [2.24, 2.45) is 0 Å². The number of amides is 2. The van der Waals surface area contributed by atoms with Crippen LogP contribution >= 0.6 is 11.3 Å². The quantitative estimate of drug-likeness (QED) is 0.917. The van der Waals surface area contributed by atoms with Crippen molar-refractivity contribution in [2.75, 3.05) is 7.05 Å². The molecule has 0 unspecified atom stereocenters. The number of aryl methyl sites for hydroxylation is 2. The predicted octanol–water partition coefficient (Wildman–Crippen LogP) is 3.65. The number of thiophene rings is 1. The van der Waals surface area contributed by atoms with Crippen LogP contribution in [0.4, 0.5) is 4.79 Å². The van der Waals surface area contributed by atoms with Crippen LogP contribution in [-0.2, 0) is 6.54 Å². The van der Waals surface area contributed by atoms with E-state index in [4.69, 9.17) is 4.52 Å². The molecule has 0 fully saturated rings. The standard InChI is InChI=1S/C15H21N3O2S/c1-5-13(14-7-6-8-21-14)16-15(19)18(4)9-12-10(2)17-20-11(12)3/h6-8,13H,5,9H2,1-4H3,(H,16,19)/t13-/m1/s1. The van der Waals surface area contributed by atoms with Gasteiger partial charge in [0.1, 0.15) is 5.76 Å². The van der Waals surface area contributed by atoms with E-state index in [1.807, 2.05) is 31.4 Å². The summed E-state index contributed by atoms with van der Waals surface area (Å²) in [5.41, 5.74) is 1.80. The summed E-state index contributed by atoms with van der Waals surface area (Å²) in [7, 11) is 1.78. The van der Waals surface area contributed by atoms with Gasteiger partial charge in [-0.2, -0.15) is 0 Å². The lowest BCUT2D eigenvalue weighted by atomic mass is 10.2. The maximum Gasteiger partial charge on any atom is 0.317 e. The molecule has 0 aliphatic carbocycles. The molecule has 0 saturated heterocycles. The summed E-state index contributed by atoms with van der Waals surface area (Å²) in [5, 5.41) is 9.01. The van der Waals surface area contributed by atoms with E-state index in [1.165, 1.54) is 4.88 Å². The molecule has 1 N–H and O–H groups in total. The second kappa shape index (κ2) is 6.76. The fourth-order valence-corrected chi connectivity index (χ4v) is 3.02. The molecule has 0 bridgehead atoms. The molecule has 0 saturated carbocycles. The maximum atomic E-state index is 12.3. The van der Waals surface area contributed by atoms with Gasteiger partial charge in [0, 0.05) is 17.5 Å². The molecule has 5 nitrogen and oxygen atoms in total. The number of rotatable bonds is 5. The third-order valence-corrected chi connectivity index (χ3v) is 4.50. The molecular weight excluding hydrogens is 286 g/mol. The Bertz CT molecular complexity index is 573. The van der Waals surface area contributed by atoms with Gasteiger partial charge in [0.2, 0.25) is 0 Å². The Hall–Kier alpha value is -1.82. The Kier molecular flexibility index (Phi) is 5.01. The van der Waals surface area contributed by atoms with E-state index in [9.17, 15) is 4.79 Å². The number of aromatic nitrogens is 1. The SMILES string of the molecule is CC[C@@H](NC(=O)N(C)Cc1c(C)noc1C)c1cccs1. The summed E-state index contributed by atoms with van der Waals surface area (Å²) in [6, 6.07) is 4.02. The number of hydrogen-bond donors (Lipinski definition) is 1. The van der Waals surface area contributed by atoms with Crippen LogP contribution in [0.5, 0.6) is 0 Å². The maximum absolute atomic E-state index is 12.3. The van der Waals surface area contributed by atoms with E-state index in [-0.39, 0.29) is 12.1 Å². The molecule has 0 aromatic carbocycles. The van der Waals surface area contributed by atoms with Crippen LogP contribution in [0.2, 0.25) is 0 Å². The lowest BCUT2D eigenvalue weighted by molar-refractivity contribution is 0.202. The monoisotopic (exact) mass is 307 g/mol. The number of urea groups is 1. The molecule has 2 amide bonds. The molecule has 114 valence electrons. The number of carbonyl (C=O) groups excluding carboxylic acids is 1. The summed E-state index contributed by atoms with van der Waals surface area (Å²) >= 11 is 1.66. The molecule has 21 heavy (non-hydrogen) atoms. The third-order valence-electron chi connectivity index (χ3n) is 3.52. The van der Waals surface area contributed by atoms with Crippen LogP contribution in [0.1, 0.15) is 41.3 Å². The summed E-state index contributed by atoms with van der Waals surface area (Å²) in [4.78, 5) is 15.2. The molecule has 2 aromatic heterocycles. The van der Waals surface area contributed by atoms with Gasteiger partial charge in [-0.15, -0.1) is 11.3 Å². The largest absolute Gasteiger partial charge is 0.361 e. The Morgan fingerprint density at radius 1 is 1.52 bits per heavy atom. The van der Waals surface area contributed by atoms with Gasteiger partial charge < -0.3 is 14.7 Å². The second-order valence-corrected chi connectivity index (χ2v) is 6.06. The lowest BCUT2D eigenvalue weighted by Gasteiger charge is -2.22. The Morgan fingerprint density at radius 2 is 2.29 bits per heavy atom. The molecule has 0 radical (unpaired) electrons. The van der Waals surface area contributed by atoms with Crippen molar-refractivity contribution in [1.29, 1.82) is 0 Å². The molecule has 0 aliphatic heterocycles. The highest BCUT2D eigenvalue weighted by molar-refractivity contribution is 7.10. The van der Waals surface area contributed by atoms with Crippen LogP contribution in [-0.4, -0.2) is 23.1 Å². The highest BCUT2D eigenvalue weighted by Crippen LogP contribution is 2.22. The van der Waals surface area contributed by atoms with E-state index in [1.54, 1.807) is 23.3 Å². The van der Waals surface area contributed by atoms with Crippen LogP contribution < -0.4 is 5.32 Å². The van der Waals surface area contributed by atoms with Crippen molar-refractivity contribution in [3.8, 4) is 0 Å². The molecular formula is C15H21N3O2S. The minimum atomic E-state index is -0.0877. The van der Waals surface area contributed by atoms with E-state index >= 15 is 0 Å². The van der Waals surface area contributed by atoms with Gasteiger partial charge >= 0.3 is 6.03 Å². The van der Waals surface area contributed by atoms with E-state index in [0.717, 1.165) is 23.4 Å². The first-order valence-corrected chi connectivity index (χ1v) is 7.87. The van der Waals surface area contributed by atoms with E-state index in [0.29, 0.717) is 6.54 Å². The minimum absolute atomic E-state index is 0.0598. The lowest BCUT2D eigenvalue weighted by Crippen LogP contribution is -2.38. The first-order chi connectivity index (χ1) is 10.0. The van der Waals surface area contributed by atoms with Crippen molar-refractivity contribution in [2.45, 2.75) is 39.8 Å². The molecule has 1 atom stereocenters. The first-order valence-electron chi connectivity index (χ1n) is 6.99. The summed E-state index contributed by atoms with van der Waals surface area (Å²) < 4.78 is 5.13. The smallest absolute Gasteiger partial charge is 0.317 e. The van der Waals surface area contributed by atoms with Gasteiger partial charge in [-0.3, -0.25) is 0 Å². The van der Waals surface area contributed by atoms with Crippen molar-refractivity contribution >= 4 is 17.4 Å². The number of hydrogen-bond acceptors (Lipinski definition) is 4. The zero-order chi connectivity index (χ0) is 15.4. The Labute approximate surface area is 128 Å². The summed E-state index contributed by atoms with van der Waals surface area (Å²) in [6.45, 7) is 6.31. The second-order valence-electron chi connectivity index (χ2n) is 5.08. The van der Waals surface area contributed by atoms with Crippen LogP contribution in [0.15, 0.2) is 22.0 Å². The molecule has 2 heterocycles. The minimum Gasteiger partial charge on any atom is -0.361 e. The molecule has 0 spiro atoms. The molecule has 0 aliphatic rings. The third kappa shape index (κ3) is 3.64. The average molecular weight is 307 g/mol. The highest BCUT2D eigenvalue weighted by atomic mass is 32.1. The van der Waals surface area contributed by atoms with Gasteiger partial charge in [-0.25, -0.2) is 4.79 Å². The van der Waals surface area contributed by atoms with Crippen molar-refractivity contribution < 1.29 is 9.32 Å². The van der Waals surface area contributed by atoms with E-state index < -0.39 is 0 Å². The fraction of sp³-hybridized carbons (Fsp3) is 0.467. The average Bonchev–Trinajstić information content (AvgIpc) is 3.09. The predicted molar refractivity (Wildman–Crippen MR) is 83.3 cm³/mol. The van der Waals surface area contributed by atoms with Crippen LogP contribution in [0, 0.1) is 13.8 Å². The summed E-state index contributed by atoms with van der Waals surface area (Å²) in [5.74, 6) is 0.762. The normalized spacial score (nSPS) is 12.2. The van der Waals surface area contributed by atoms with E-state index in [2.05, 4.69) is 17.4 Å². The highest BCUT2D eigenvalue weighted by Gasteiger charge is 2.19. The van der Waals surface area contributed by atoms with Gasteiger partial charge in [-0.05, 0) is 31.7 Å². The van der Waals surface area contributed by atoms with Gasteiger partial charge in [0.15, 0.2) is 0 Å². The number of nitrogens with one attached hydrogen (secondary N) is 1. The van der Waals surface area contributed by atoms with Crippen LogP contribution in [0.3, 0.4) is 0 Å². The van der Waals surface area contributed by atoms with Gasteiger partial charge in [0.05, 0.1) is 18.3 Å². The molecule has 2 aromatic rings. The zero-order valence-electron chi connectivity index (χ0n) is 12.8. The Balaban J connectivity index is 1.99. The summed E-state index contributed by atoms with van der Waals surface area (Å²) in [6.07, 6.45) is 0.866. The van der Waals surface area contributed by atoms with Gasteiger partial charge in [-0.1, -0.05) is 18.1 Å². The molecule has 2 rings (SSSR count). The van der Waals surface area contributed by atoms with Crippen molar-refractivity contribution in [3.05, 3.63) is 39.4 Å². The van der Waals surface area contributed by atoms with Crippen molar-refractivity contribution in [1.82, 2.24) is 15.4 Å². The van der Waals surface area contributed by atoms with Crippen LogP contribution in [0.25, 0.3) is 0 Å². The number of carbonyl (C=O) groups is 1. The number of nitrogens with zero attached hydrogens (tertiary/aromatic N) is 2. The van der Waals surface area contributed by atoms with Crippen molar-refractivity contribution in [3.63, 3.8) is 0 Å².